The number of hydrogen-bond acceptors (Lipinski definition) is 11. The fourth-order valence-corrected chi connectivity index (χ4v) is 4.96. The zero-order valence-corrected chi connectivity index (χ0v) is 23.9. The van der Waals surface area contributed by atoms with E-state index in [0.29, 0.717) is 0 Å². The highest BCUT2D eigenvalue weighted by Crippen LogP contribution is 2.31. The Morgan fingerprint density at radius 3 is 1.32 bits per heavy atom. The molecule has 13 heteroatoms. The lowest BCUT2D eigenvalue weighted by Gasteiger charge is -2.08. The van der Waals surface area contributed by atoms with Crippen molar-refractivity contribution >= 4 is 52.7 Å². The zero-order chi connectivity index (χ0) is 32.1. The Kier molecular flexibility index (Phi) is 9.57. The Balaban J connectivity index is 1.46. The van der Waals surface area contributed by atoms with E-state index >= 15 is 0 Å². The van der Waals surface area contributed by atoms with Gasteiger partial charge < -0.3 is 20.1 Å². The van der Waals surface area contributed by atoms with Crippen molar-refractivity contribution in [2.45, 2.75) is 26.7 Å². The van der Waals surface area contributed by atoms with E-state index in [1.807, 2.05) is 0 Å². The summed E-state index contributed by atoms with van der Waals surface area (Å²) in [6.07, 6.45) is -0.286. The van der Waals surface area contributed by atoms with Crippen molar-refractivity contribution in [2.75, 3.05) is 26.3 Å². The van der Waals surface area contributed by atoms with Gasteiger partial charge >= 0.3 is 11.9 Å². The maximum absolute atomic E-state index is 13.3. The number of nitrogens with one attached hydrogen (secondary N) is 2. The molecule has 2 aromatic rings. The number of hydrogen-bond donors (Lipinski definition) is 2. The van der Waals surface area contributed by atoms with Gasteiger partial charge in [-0.2, -0.15) is 0 Å². The van der Waals surface area contributed by atoms with Crippen LogP contribution in [0.4, 0.5) is 0 Å². The predicted octanol–water partition coefficient (Wildman–Crippen LogP) is 1.05. The molecule has 44 heavy (non-hydrogen) atoms. The molecule has 2 unspecified atom stereocenters. The van der Waals surface area contributed by atoms with Crippen LogP contribution < -0.4 is 10.6 Å². The van der Waals surface area contributed by atoms with Gasteiger partial charge in [0.25, 0.3) is 0 Å². The molecule has 2 aromatic carbocycles. The molecule has 2 N–H and O–H groups in total. The minimum Gasteiger partial charge on any atom is -0.466 e. The molecule has 0 aliphatic heterocycles. The second kappa shape index (κ2) is 13.3. The van der Waals surface area contributed by atoms with E-state index in [1.54, 1.807) is 13.8 Å². The first-order valence-electron chi connectivity index (χ1n) is 13.9. The van der Waals surface area contributed by atoms with Gasteiger partial charge in [-0.1, -0.05) is 12.1 Å². The van der Waals surface area contributed by atoms with Crippen molar-refractivity contribution in [1.82, 2.24) is 10.6 Å². The maximum atomic E-state index is 13.3. The summed E-state index contributed by atoms with van der Waals surface area (Å²) in [6, 6.07) is 7.48. The fraction of sp³-hybridized carbons (Fsp3) is 0.323. The van der Waals surface area contributed by atoms with Crippen LogP contribution in [0, 0.1) is 11.8 Å². The lowest BCUT2D eigenvalue weighted by Crippen LogP contribution is -2.37. The van der Waals surface area contributed by atoms with E-state index in [1.165, 1.54) is 36.4 Å². The summed E-state index contributed by atoms with van der Waals surface area (Å²) in [5.74, 6) is -9.93. The molecule has 0 saturated carbocycles. The molecule has 13 nitrogen and oxygen atoms in total. The fourth-order valence-electron chi connectivity index (χ4n) is 4.96. The van der Waals surface area contributed by atoms with Crippen LogP contribution in [0.15, 0.2) is 36.4 Å². The summed E-state index contributed by atoms with van der Waals surface area (Å²) in [7, 11) is 0. The summed E-state index contributed by atoms with van der Waals surface area (Å²) in [6.45, 7) is 3.32. The molecule has 228 valence electrons. The highest BCUT2D eigenvalue weighted by atomic mass is 16.5. The van der Waals surface area contributed by atoms with Crippen molar-refractivity contribution in [3.8, 4) is 0 Å². The van der Waals surface area contributed by atoms with Crippen LogP contribution in [-0.4, -0.2) is 79.0 Å². The third kappa shape index (κ3) is 6.21. The molecule has 0 radical (unpaired) electrons. The van der Waals surface area contributed by atoms with Crippen LogP contribution >= 0.6 is 0 Å². The zero-order valence-electron chi connectivity index (χ0n) is 23.9. The van der Waals surface area contributed by atoms with Gasteiger partial charge in [-0.05, 0) is 38.1 Å². The summed E-state index contributed by atoms with van der Waals surface area (Å²) < 4.78 is 9.54. The molecule has 0 fully saturated rings. The topological polar surface area (TPSA) is 196 Å². The van der Waals surface area contributed by atoms with Crippen LogP contribution in [0.3, 0.4) is 0 Å². The molecule has 0 saturated heterocycles. The highest BCUT2D eigenvalue weighted by Gasteiger charge is 2.45. The first kappa shape index (κ1) is 31.6. The van der Waals surface area contributed by atoms with Crippen LogP contribution in [0.1, 0.15) is 84.0 Å². The largest absolute Gasteiger partial charge is 0.466 e. The summed E-state index contributed by atoms with van der Waals surface area (Å²) in [5, 5.41) is 4.76. The number of carbonyl (C=O) groups is 9. The van der Waals surface area contributed by atoms with Crippen LogP contribution in [-0.2, 0) is 28.7 Å². The minimum absolute atomic E-state index is 0.0155. The number of benzene rings is 2. The van der Waals surface area contributed by atoms with E-state index in [9.17, 15) is 43.2 Å². The number of ketones is 5. The maximum Gasteiger partial charge on any atom is 0.307 e. The third-order valence-corrected chi connectivity index (χ3v) is 7.07. The number of carbonyl (C=O) groups excluding carboxylic acids is 9. The Morgan fingerprint density at radius 2 is 0.955 bits per heavy atom. The molecule has 0 aromatic heterocycles. The Hall–Kier alpha value is -5.33. The van der Waals surface area contributed by atoms with Gasteiger partial charge in [0.2, 0.25) is 11.8 Å². The molecule has 0 spiro atoms. The molecular weight excluding hydrogens is 576 g/mol. The Morgan fingerprint density at radius 1 is 0.591 bits per heavy atom. The molecule has 2 aliphatic rings. The normalized spacial score (nSPS) is 16.7. The predicted molar refractivity (Wildman–Crippen MR) is 149 cm³/mol. The third-order valence-electron chi connectivity index (χ3n) is 7.07. The van der Waals surface area contributed by atoms with Gasteiger partial charge in [-0.3, -0.25) is 43.2 Å². The first-order chi connectivity index (χ1) is 21.0. The minimum atomic E-state index is -1.67. The van der Waals surface area contributed by atoms with Crippen molar-refractivity contribution < 1.29 is 52.6 Å². The Labute approximate surface area is 250 Å². The number of Topliss-reactive ketones (excluding diaryl/α,β-unsaturated/α-hetero) is 4. The van der Waals surface area contributed by atoms with E-state index in [4.69, 9.17) is 9.47 Å². The number of rotatable bonds is 12. The summed E-state index contributed by atoms with van der Waals surface area (Å²) >= 11 is 0. The lowest BCUT2D eigenvalue weighted by atomic mass is 9.96. The summed E-state index contributed by atoms with van der Waals surface area (Å²) in [5.41, 5.74) is -0.361. The molecule has 2 atom stereocenters. The van der Waals surface area contributed by atoms with Gasteiger partial charge in [0.1, 0.15) is 0 Å². The molecule has 0 heterocycles. The second-order valence-electron chi connectivity index (χ2n) is 9.86. The van der Waals surface area contributed by atoms with Gasteiger partial charge in [-0.15, -0.1) is 0 Å². The van der Waals surface area contributed by atoms with Crippen LogP contribution in [0.2, 0.25) is 0 Å². The van der Waals surface area contributed by atoms with Crippen LogP contribution in [0.5, 0.6) is 0 Å². The SMILES string of the molecule is CCOC(=O)CCNC(=O)C1C(=O)c2ccc(C(=O)c3ccc4c(c3)C(=O)C(C(=O)NCCC(=O)OCC)C4=O)cc2C1=O. The average Bonchev–Trinajstić information content (AvgIpc) is 3.40. The first-order valence-corrected chi connectivity index (χ1v) is 13.9. The van der Waals surface area contributed by atoms with Gasteiger partial charge in [0.05, 0.1) is 26.1 Å². The van der Waals surface area contributed by atoms with E-state index < -0.39 is 64.5 Å². The quantitative estimate of drug-likeness (QED) is 0.200. The van der Waals surface area contributed by atoms with E-state index in [2.05, 4.69) is 10.6 Å². The number of esters is 2. The van der Waals surface area contributed by atoms with Crippen molar-refractivity contribution in [2.24, 2.45) is 11.8 Å². The second-order valence-corrected chi connectivity index (χ2v) is 9.86. The molecule has 0 bridgehead atoms. The lowest BCUT2D eigenvalue weighted by molar-refractivity contribution is -0.144. The summed E-state index contributed by atoms with van der Waals surface area (Å²) in [4.78, 5) is 113. The number of ether oxygens (including phenoxy) is 2. The van der Waals surface area contributed by atoms with Crippen LogP contribution in [0.25, 0.3) is 0 Å². The average molecular weight is 605 g/mol. The number of amides is 2. The van der Waals surface area contributed by atoms with Gasteiger partial charge in [0, 0.05) is 46.5 Å². The van der Waals surface area contributed by atoms with Crippen molar-refractivity contribution in [1.29, 1.82) is 0 Å². The highest BCUT2D eigenvalue weighted by molar-refractivity contribution is 6.36. The smallest absolute Gasteiger partial charge is 0.307 e. The molecular formula is C31H28N2O11. The standard InChI is InChI=1S/C31H28N2O11/c1-3-43-21(34)9-11-32-30(41)23-26(37)17-7-5-15(13-19(17)28(23)39)25(36)16-6-8-18-20(14-16)29(40)24(27(18)38)31(42)33-12-10-22(35)44-4-2/h5-8,13-14,23-24H,3-4,9-12H2,1-2H3,(H,32,41)(H,33,42). The monoisotopic (exact) mass is 604 g/mol. The van der Waals surface area contributed by atoms with Gasteiger partial charge in [0.15, 0.2) is 40.8 Å². The van der Waals surface area contributed by atoms with Crippen molar-refractivity contribution in [3.63, 3.8) is 0 Å². The molecule has 2 aliphatic carbocycles. The number of fused-ring (bicyclic) bond motifs is 2. The molecule has 2 amide bonds. The van der Waals surface area contributed by atoms with Gasteiger partial charge in [-0.25, -0.2) is 0 Å². The van der Waals surface area contributed by atoms with Crippen molar-refractivity contribution in [3.05, 3.63) is 69.8 Å². The van der Waals surface area contributed by atoms with E-state index in [0.717, 1.165) is 0 Å². The van der Waals surface area contributed by atoms with E-state index in [-0.39, 0.29) is 72.5 Å². The Bertz CT molecular complexity index is 1510. The molecule has 4 rings (SSSR count).